The molecule has 0 spiro atoms. The summed E-state index contributed by atoms with van der Waals surface area (Å²) in [5.41, 5.74) is 0.742. The van der Waals surface area contributed by atoms with Gasteiger partial charge >= 0.3 is 5.97 Å². The second kappa shape index (κ2) is 5.78. The van der Waals surface area contributed by atoms with Gasteiger partial charge in [-0.15, -0.1) is 0 Å². The molecule has 6 nitrogen and oxygen atoms in total. The lowest BCUT2D eigenvalue weighted by Gasteiger charge is -2.22. The number of H-pyrrole nitrogens is 1. The summed E-state index contributed by atoms with van der Waals surface area (Å²) in [6, 6.07) is 11.1. The fraction of sp³-hybridized carbons (Fsp3) is 0.267. The summed E-state index contributed by atoms with van der Waals surface area (Å²) < 4.78 is 4.65. The number of aromatic nitrogens is 2. The van der Waals surface area contributed by atoms with Gasteiger partial charge in [-0.2, -0.15) is 5.10 Å². The molecule has 110 valence electrons. The molecule has 2 aromatic rings. The Morgan fingerprint density at radius 3 is 2.52 bits per heavy atom. The third kappa shape index (κ3) is 3.28. The number of carbonyl (C=O) groups is 2. The van der Waals surface area contributed by atoms with Crippen molar-refractivity contribution in [1.29, 1.82) is 0 Å². The van der Waals surface area contributed by atoms with E-state index in [1.807, 2.05) is 30.3 Å². The van der Waals surface area contributed by atoms with E-state index in [9.17, 15) is 9.59 Å². The van der Waals surface area contributed by atoms with E-state index in [2.05, 4.69) is 20.3 Å². The maximum absolute atomic E-state index is 12.1. The second-order valence-electron chi connectivity index (χ2n) is 5.10. The van der Waals surface area contributed by atoms with Crippen LogP contribution in [0.3, 0.4) is 0 Å². The molecule has 0 unspecified atom stereocenters. The molecule has 2 N–H and O–H groups in total. The van der Waals surface area contributed by atoms with Crippen LogP contribution < -0.4 is 5.32 Å². The number of aromatic amines is 1. The average molecular weight is 287 g/mol. The highest BCUT2D eigenvalue weighted by atomic mass is 16.5. The Morgan fingerprint density at radius 2 is 1.90 bits per heavy atom. The van der Waals surface area contributed by atoms with Crippen molar-refractivity contribution in [3.63, 3.8) is 0 Å². The minimum Gasteiger partial charge on any atom is -0.467 e. The van der Waals surface area contributed by atoms with Crippen LogP contribution in [0.25, 0.3) is 11.3 Å². The summed E-state index contributed by atoms with van der Waals surface area (Å²) in [5, 5.41) is 9.37. The molecule has 0 fully saturated rings. The lowest BCUT2D eigenvalue weighted by Crippen LogP contribution is -2.50. The van der Waals surface area contributed by atoms with E-state index in [1.54, 1.807) is 19.9 Å². The fourth-order valence-electron chi connectivity index (χ4n) is 1.85. The molecule has 0 bridgehead atoms. The van der Waals surface area contributed by atoms with Gasteiger partial charge in [-0.3, -0.25) is 9.89 Å². The smallest absolute Gasteiger partial charge is 0.330 e. The zero-order chi connectivity index (χ0) is 15.5. The molecule has 0 aliphatic carbocycles. The zero-order valence-electron chi connectivity index (χ0n) is 12.1. The molecule has 2 rings (SSSR count). The van der Waals surface area contributed by atoms with E-state index in [0.717, 1.165) is 5.56 Å². The largest absolute Gasteiger partial charge is 0.467 e. The predicted octanol–water partition coefficient (Wildman–Crippen LogP) is 1.76. The molecular formula is C15H17N3O3. The van der Waals surface area contributed by atoms with Crippen molar-refractivity contribution >= 4 is 11.9 Å². The van der Waals surface area contributed by atoms with Crippen LogP contribution in [0.5, 0.6) is 0 Å². The van der Waals surface area contributed by atoms with Crippen LogP contribution in [0.1, 0.15) is 24.3 Å². The van der Waals surface area contributed by atoms with Crippen LogP contribution in [-0.2, 0) is 9.53 Å². The Bertz CT molecular complexity index is 647. The molecule has 0 saturated heterocycles. The summed E-state index contributed by atoms with van der Waals surface area (Å²) >= 11 is 0. The molecule has 0 radical (unpaired) electrons. The van der Waals surface area contributed by atoms with Crippen molar-refractivity contribution in [2.75, 3.05) is 7.11 Å². The SMILES string of the molecule is COC(=O)C(C)(C)NC(=O)c1cc(-c2ccccc2)n[nH]1. The number of carbonyl (C=O) groups excluding carboxylic acids is 2. The van der Waals surface area contributed by atoms with Crippen LogP contribution >= 0.6 is 0 Å². The number of esters is 1. The molecule has 1 heterocycles. The zero-order valence-corrected chi connectivity index (χ0v) is 12.1. The van der Waals surface area contributed by atoms with Gasteiger partial charge in [-0.1, -0.05) is 30.3 Å². The summed E-state index contributed by atoms with van der Waals surface area (Å²) in [6.45, 7) is 3.15. The first-order valence-corrected chi connectivity index (χ1v) is 6.46. The molecule has 0 atom stereocenters. The van der Waals surface area contributed by atoms with Gasteiger partial charge in [0.2, 0.25) is 0 Å². The Kier molecular flexibility index (Phi) is 4.07. The van der Waals surface area contributed by atoms with E-state index in [4.69, 9.17) is 0 Å². The number of benzene rings is 1. The number of ether oxygens (including phenoxy) is 1. The van der Waals surface area contributed by atoms with Crippen LogP contribution in [0, 0.1) is 0 Å². The molecule has 1 amide bonds. The average Bonchev–Trinajstić information content (AvgIpc) is 2.96. The van der Waals surface area contributed by atoms with Gasteiger partial charge in [0.05, 0.1) is 12.8 Å². The predicted molar refractivity (Wildman–Crippen MR) is 77.6 cm³/mol. The number of nitrogens with one attached hydrogen (secondary N) is 2. The molecule has 6 heteroatoms. The van der Waals surface area contributed by atoms with E-state index < -0.39 is 17.4 Å². The van der Waals surface area contributed by atoms with Crippen molar-refractivity contribution in [3.8, 4) is 11.3 Å². The molecule has 1 aromatic carbocycles. The Hall–Kier alpha value is -2.63. The Morgan fingerprint density at radius 1 is 1.24 bits per heavy atom. The van der Waals surface area contributed by atoms with Crippen LogP contribution in [0.2, 0.25) is 0 Å². The number of hydrogen-bond donors (Lipinski definition) is 2. The van der Waals surface area contributed by atoms with Crippen LogP contribution in [-0.4, -0.2) is 34.7 Å². The summed E-state index contributed by atoms with van der Waals surface area (Å²) in [5.74, 6) is -0.932. The highest BCUT2D eigenvalue weighted by Gasteiger charge is 2.31. The number of nitrogens with zero attached hydrogens (tertiary/aromatic N) is 1. The first kappa shape index (κ1) is 14.8. The quantitative estimate of drug-likeness (QED) is 0.839. The van der Waals surface area contributed by atoms with Gasteiger partial charge in [-0.25, -0.2) is 4.79 Å². The Balaban J connectivity index is 2.15. The van der Waals surface area contributed by atoms with E-state index in [-0.39, 0.29) is 5.69 Å². The lowest BCUT2D eigenvalue weighted by molar-refractivity contribution is -0.146. The molecule has 0 aliphatic heterocycles. The number of methoxy groups -OCH3 is 1. The minimum absolute atomic E-state index is 0.283. The number of hydrogen-bond acceptors (Lipinski definition) is 4. The van der Waals surface area contributed by atoms with Crippen molar-refractivity contribution in [2.45, 2.75) is 19.4 Å². The van der Waals surface area contributed by atoms with Crippen molar-refractivity contribution in [1.82, 2.24) is 15.5 Å². The first-order valence-electron chi connectivity index (χ1n) is 6.46. The van der Waals surface area contributed by atoms with Gasteiger partial charge in [0.25, 0.3) is 5.91 Å². The van der Waals surface area contributed by atoms with Gasteiger partial charge < -0.3 is 10.1 Å². The lowest BCUT2D eigenvalue weighted by atomic mass is 10.1. The topological polar surface area (TPSA) is 84.1 Å². The maximum Gasteiger partial charge on any atom is 0.330 e. The van der Waals surface area contributed by atoms with Gasteiger partial charge in [-0.05, 0) is 19.9 Å². The normalized spacial score (nSPS) is 11.0. The highest BCUT2D eigenvalue weighted by Crippen LogP contribution is 2.17. The third-order valence-electron chi connectivity index (χ3n) is 3.01. The maximum atomic E-state index is 12.1. The molecule has 21 heavy (non-hydrogen) atoms. The minimum atomic E-state index is -1.11. The number of amides is 1. The van der Waals surface area contributed by atoms with Gasteiger partial charge in [0, 0.05) is 5.56 Å². The van der Waals surface area contributed by atoms with E-state index in [1.165, 1.54) is 7.11 Å². The van der Waals surface area contributed by atoms with E-state index in [0.29, 0.717) is 5.69 Å². The number of rotatable bonds is 4. The van der Waals surface area contributed by atoms with Gasteiger partial charge in [0.15, 0.2) is 0 Å². The second-order valence-corrected chi connectivity index (χ2v) is 5.10. The monoisotopic (exact) mass is 287 g/mol. The van der Waals surface area contributed by atoms with Crippen molar-refractivity contribution in [2.24, 2.45) is 0 Å². The summed E-state index contributed by atoms with van der Waals surface area (Å²) in [7, 11) is 1.28. The highest BCUT2D eigenvalue weighted by molar-refractivity contribution is 5.97. The van der Waals surface area contributed by atoms with Crippen molar-refractivity contribution < 1.29 is 14.3 Å². The summed E-state index contributed by atoms with van der Waals surface area (Å²) in [4.78, 5) is 23.7. The van der Waals surface area contributed by atoms with Crippen LogP contribution in [0.4, 0.5) is 0 Å². The Labute approximate surface area is 122 Å². The molecule has 0 saturated carbocycles. The van der Waals surface area contributed by atoms with Crippen molar-refractivity contribution in [3.05, 3.63) is 42.1 Å². The fourth-order valence-corrected chi connectivity index (χ4v) is 1.85. The van der Waals surface area contributed by atoms with Crippen LogP contribution in [0.15, 0.2) is 36.4 Å². The molecule has 1 aromatic heterocycles. The standard InChI is InChI=1S/C15H17N3O3/c1-15(2,14(20)21-3)16-13(19)12-9-11(17-18-12)10-7-5-4-6-8-10/h4-9H,1-3H3,(H,16,19)(H,17,18). The van der Waals surface area contributed by atoms with E-state index >= 15 is 0 Å². The molecule has 0 aliphatic rings. The summed E-state index contributed by atoms with van der Waals surface area (Å²) in [6.07, 6.45) is 0. The van der Waals surface area contributed by atoms with Gasteiger partial charge in [0.1, 0.15) is 11.2 Å². The molecular weight excluding hydrogens is 270 g/mol. The third-order valence-corrected chi connectivity index (χ3v) is 3.01. The first-order chi connectivity index (χ1) is 9.94.